The summed E-state index contributed by atoms with van der Waals surface area (Å²) in [5.41, 5.74) is 1.53. The third kappa shape index (κ3) is 2.09. The summed E-state index contributed by atoms with van der Waals surface area (Å²) < 4.78 is 1.64. The molecule has 0 aliphatic heterocycles. The number of anilines is 1. The number of hydrogen-bond acceptors (Lipinski definition) is 2. The maximum Gasteiger partial charge on any atom is 0.300 e. The molecule has 0 radical (unpaired) electrons. The zero-order chi connectivity index (χ0) is 9.84. The fourth-order valence-electron chi connectivity index (χ4n) is 1.06. The van der Waals surface area contributed by atoms with Gasteiger partial charge in [0.25, 0.3) is 5.91 Å². The van der Waals surface area contributed by atoms with Gasteiger partial charge in [-0.05, 0) is 12.3 Å². The van der Waals surface area contributed by atoms with Crippen LogP contribution in [0, 0.1) is 12.3 Å². The van der Waals surface area contributed by atoms with Gasteiger partial charge in [0, 0.05) is 13.2 Å². The summed E-state index contributed by atoms with van der Waals surface area (Å²) >= 11 is 0. The van der Waals surface area contributed by atoms with Crippen LogP contribution in [-0.2, 0) is 18.3 Å². The molecule has 1 rings (SSSR count). The van der Waals surface area contributed by atoms with Crippen molar-refractivity contribution in [1.82, 2.24) is 9.78 Å². The van der Waals surface area contributed by atoms with Gasteiger partial charge in [0.2, 0.25) is 0 Å². The first-order valence-corrected chi connectivity index (χ1v) is 3.97. The first kappa shape index (κ1) is 9.33. The molecule has 0 atom stereocenters. The van der Waals surface area contributed by atoms with E-state index in [9.17, 15) is 4.79 Å². The Bertz CT molecular complexity index is 359. The number of nitrogens with zero attached hydrogens (tertiary/aromatic N) is 2. The lowest BCUT2D eigenvalue weighted by atomic mass is 10.3. The molecule has 1 aromatic rings. The van der Waals surface area contributed by atoms with Gasteiger partial charge < -0.3 is 5.32 Å². The monoisotopic (exact) mass is 177 g/mol. The Morgan fingerprint density at radius 3 is 3.08 bits per heavy atom. The van der Waals surface area contributed by atoms with Crippen molar-refractivity contribution >= 4 is 11.6 Å². The summed E-state index contributed by atoms with van der Waals surface area (Å²) in [6, 6.07) is 0. The average Bonchev–Trinajstić information content (AvgIpc) is 2.46. The van der Waals surface area contributed by atoms with E-state index in [0.717, 1.165) is 12.1 Å². The molecule has 0 saturated carbocycles. The number of carbonyl (C=O) groups is 1. The molecular formula is C9H11N3O. The molecule has 1 aromatic heterocycles. The van der Waals surface area contributed by atoms with Crippen LogP contribution in [-0.4, -0.2) is 15.7 Å². The highest BCUT2D eigenvalue weighted by atomic mass is 16.1. The van der Waals surface area contributed by atoms with E-state index < -0.39 is 5.91 Å². The Balaban J connectivity index is 2.88. The van der Waals surface area contributed by atoms with Crippen molar-refractivity contribution in [3.63, 3.8) is 0 Å². The van der Waals surface area contributed by atoms with Crippen molar-refractivity contribution < 1.29 is 4.79 Å². The molecule has 0 aliphatic rings. The number of terminal acetylenes is 1. The Morgan fingerprint density at radius 1 is 1.85 bits per heavy atom. The Hall–Kier alpha value is -1.76. The molecule has 0 unspecified atom stereocenters. The second-order valence-electron chi connectivity index (χ2n) is 2.62. The SMILES string of the molecule is C#CC(=O)Nc1cn(C)nc1CC. The fourth-order valence-corrected chi connectivity index (χ4v) is 1.06. The highest BCUT2D eigenvalue weighted by Crippen LogP contribution is 2.12. The van der Waals surface area contributed by atoms with Crippen LogP contribution in [0.4, 0.5) is 5.69 Å². The Morgan fingerprint density at radius 2 is 2.54 bits per heavy atom. The maximum atomic E-state index is 10.9. The molecule has 0 saturated heterocycles. The minimum Gasteiger partial charge on any atom is -0.312 e. The molecule has 4 heteroatoms. The van der Waals surface area contributed by atoms with Gasteiger partial charge in [-0.25, -0.2) is 0 Å². The van der Waals surface area contributed by atoms with E-state index >= 15 is 0 Å². The molecule has 13 heavy (non-hydrogen) atoms. The van der Waals surface area contributed by atoms with Crippen LogP contribution in [0.5, 0.6) is 0 Å². The first-order chi connectivity index (χ1) is 6.17. The molecule has 1 amide bonds. The second-order valence-corrected chi connectivity index (χ2v) is 2.62. The summed E-state index contributed by atoms with van der Waals surface area (Å²) in [5.74, 6) is 1.54. The number of aryl methyl sites for hydroxylation is 2. The van der Waals surface area contributed by atoms with Gasteiger partial charge in [0.15, 0.2) is 0 Å². The third-order valence-electron chi connectivity index (χ3n) is 1.62. The number of rotatable bonds is 2. The number of aromatic nitrogens is 2. The van der Waals surface area contributed by atoms with Gasteiger partial charge in [0.05, 0.1) is 11.4 Å². The topological polar surface area (TPSA) is 46.9 Å². The lowest BCUT2D eigenvalue weighted by molar-refractivity contribution is -0.111. The molecule has 1 N–H and O–H groups in total. The number of carbonyl (C=O) groups excluding carboxylic acids is 1. The molecule has 0 spiro atoms. The molecular weight excluding hydrogens is 166 g/mol. The Kier molecular flexibility index (Phi) is 2.70. The van der Waals surface area contributed by atoms with Crippen molar-refractivity contribution in [3.8, 4) is 12.3 Å². The second kappa shape index (κ2) is 3.76. The highest BCUT2D eigenvalue weighted by molar-refractivity contribution is 6.03. The van der Waals surface area contributed by atoms with Gasteiger partial charge in [-0.15, -0.1) is 6.42 Å². The number of hydrogen-bond donors (Lipinski definition) is 1. The summed E-state index contributed by atoms with van der Waals surface area (Å²) in [6.07, 6.45) is 7.42. The standard InChI is InChI=1S/C9H11N3O/c1-4-7-8(6-12(3)11-7)10-9(13)5-2/h2,6H,4H2,1,3H3,(H,10,13). The van der Waals surface area contributed by atoms with Crippen molar-refractivity contribution in [2.75, 3.05) is 5.32 Å². The van der Waals surface area contributed by atoms with E-state index in [1.54, 1.807) is 17.9 Å². The van der Waals surface area contributed by atoms with E-state index in [2.05, 4.69) is 10.4 Å². The normalized spacial score (nSPS) is 9.31. The minimum atomic E-state index is -0.442. The van der Waals surface area contributed by atoms with Crippen molar-refractivity contribution in [3.05, 3.63) is 11.9 Å². The van der Waals surface area contributed by atoms with Crippen molar-refractivity contribution in [2.45, 2.75) is 13.3 Å². The number of nitrogens with one attached hydrogen (secondary N) is 1. The summed E-state index contributed by atoms with van der Waals surface area (Å²) in [4.78, 5) is 10.9. The van der Waals surface area contributed by atoms with Crippen molar-refractivity contribution in [2.24, 2.45) is 7.05 Å². The zero-order valence-electron chi connectivity index (χ0n) is 7.66. The molecule has 68 valence electrons. The molecule has 4 nitrogen and oxygen atoms in total. The smallest absolute Gasteiger partial charge is 0.300 e. The lowest BCUT2D eigenvalue weighted by Gasteiger charge is -1.97. The van der Waals surface area contributed by atoms with Gasteiger partial charge in [-0.3, -0.25) is 9.48 Å². The summed E-state index contributed by atoms with van der Waals surface area (Å²) in [7, 11) is 1.80. The molecule has 0 fully saturated rings. The van der Waals surface area contributed by atoms with Crippen LogP contribution in [0.25, 0.3) is 0 Å². The van der Waals surface area contributed by atoms with Crippen LogP contribution < -0.4 is 5.32 Å². The third-order valence-corrected chi connectivity index (χ3v) is 1.62. The zero-order valence-corrected chi connectivity index (χ0v) is 7.66. The highest BCUT2D eigenvalue weighted by Gasteiger charge is 2.06. The first-order valence-electron chi connectivity index (χ1n) is 3.97. The van der Waals surface area contributed by atoms with Crippen molar-refractivity contribution in [1.29, 1.82) is 0 Å². The average molecular weight is 177 g/mol. The van der Waals surface area contributed by atoms with Crippen LogP contribution in [0.15, 0.2) is 6.20 Å². The van der Waals surface area contributed by atoms with Gasteiger partial charge >= 0.3 is 0 Å². The molecule has 0 bridgehead atoms. The fraction of sp³-hybridized carbons (Fsp3) is 0.333. The van der Waals surface area contributed by atoms with Gasteiger partial charge in [-0.1, -0.05) is 6.92 Å². The summed E-state index contributed by atoms with van der Waals surface area (Å²) in [5, 5.41) is 6.72. The van der Waals surface area contributed by atoms with E-state index in [0.29, 0.717) is 5.69 Å². The predicted molar refractivity (Wildman–Crippen MR) is 50.0 cm³/mol. The van der Waals surface area contributed by atoms with Crippen LogP contribution in [0.2, 0.25) is 0 Å². The Labute approximate surface area is 76.9 Å². The molecule has 0 aromatic carbocycles. The van der Waals surface area contributed by atoms with Crippen LogP contribution in [0.1, 0.15) is 12.6 Å². The maximum absolute atomic E-state index is 10.9. The van der Waals surface area contributed by atoms with Crippen LogP contribution in [0.3, 0.4) is 0 Å². The minimum absolute atomic E-state index is 0.442. The lowest BCUT2D eigenvalue weighted by Crippen LogP contribution is -2.08. The van der Waals surface area contributed by atoms with E-state index in [1.807, 2.05) is 12.8 Å². The van der Waals surface area contributed by atoms with E-state index in [1.165, 1.54) is 0 Å². The summed E-state index contributed by atoms with van der Waals surface area (Å²) in [6.45, 7) is 1.97. The van der Waals surface area contributed by atoms with Crippen LogP contribution >= 0.6 is 0 Å². The quantitative estimate of drug-likeness (QED) is 0.671. The van der Waals surface area contributed by atoms with Gasteiger partial charge in [-0.2, -0.15) is 5.10 Å². The molecule has 1 heterocycles. The van der Waals surface area contributed by atoms with E-state index in [-0.39, 0.29) is 0 Å². The molecule has 0 aliphatic carbocycles. The van der Waals surface area contributed by atoms with Gasteiger partial charge in [0.1, 0.15) is 0 Å². The van der Waals surface area contributed by atoms with E-state index in [4.69, 9.17) is 6.42 Å². The number of amides is 1. The largest absolute Gasteiger partial charge is 0.312 e. The predicted octanol–water partition coefficient (Wildman–Crippen LogP) is 0.554.